The van der Waals surface area contributed by atoms with Crippen LogP contribution in [0.4, 0.5) is 0 Å². The Morgan fingerprint density at radius 2 is 1.16 bits per heavy atom. The molecule has 8 aromatic rings. The molecule has 0 saturated heterocycles. The van der Waals surface area contributed by atoms with Crippen LogP contribution in [0, 0.1) is 0 Å². The minimum atomic E-state index is 0.609. The lowest BCUT2D eigenvalue weighted by atomic mass is 9.88. The normalized spacial score (nSPS) is 13.7. The average molecular weight is 645 g/mol. The van der Waals surface area contributed by atoms with Crippen LogP contribution in [-0.2, 0) is 12.8 Å². The van der Waals surface area contributed by atoms with Crippen LogP contribution < -0.4 is 0 Å². The second-order valence-corrected chi connectivity index (χ2v) is 13.0. The molecule has 2 aliphatic carbocycles. The molecule has 0 radical (unpaired) electrons. The monoisotopic (exact) mass is 644 g/mol. The summed E-state index contributed by atoms with van der Waals surface area (Å²) in [6, 6.07) is 43.8. The van der Waals surface area contributed by atoms with Crippen molar-refractivity contribution in [2.45, 2.75) is 25.7 Å². The average Bonchev–Trinajstić information content (AvgIpc) is 3.74. The summed E-state index contributed by atoms with van der Waals surface area (Å²) >= 11 is 0. The Kier molecular flexibility index (Phi) is 6.69. The zero-order chi connectivity index (χ0) is 33.0. The fourth-order valence-corrected chi connectivity index (χ4v) is 7.69. The lowest BCUT2D eigenvalue weighted by Gasteiger charge is -2.17. The van der Waals surface area contributed by atoms with Crippen LogP contribution in [0.15, 0.2) is 138 Å². The van der Waals surface area contributed by atoms with Gasteiger partial charge in [-0.15, -0.1) is 0 Å². The summed E-state index contributed by atoms with van der Waals surface area (Å²) in [5.74, 6) is 1.89. The van der Waals surface area contributed by atoms with E-state index in [1.165, 1.54) is 33.7 Å². The predicted octanol–water partition coefficient (Wildman–Crippen LogP) is 11.0. The Balaban J connectivity index is 1.14. The van der Waals surface area contributed by atoms with Crippen molar-refractivity contribution >= 4 is 39.7 Å². The highest BCUT2D eigenvalue weighted by Gasteiger charge is 2.27. The summed E-state index contributed by atoms with van der Waals surface area (Å²) in [5, 5.41) is 2.16. The summed E-state index contributed by atoms with van der Waals surface area (Å²) in [6.07, 6.45) is 11.3. The topological polar surface area (TPSA) is 56.7 Å². The second kappa shape index (κ2) is 11.7. The molecule has 0 spiro atoms. The molecule has 0 bridgehead atoms. The van der Waals surface area contributed by atoms with Crippen molar-refractivity contribution in [3.63, 3.8) is 0 Å². The molecule has 3 aromatic heterocycles. The Bertz CT molecular complexity index is 2570. The number of para-hydroxylation sites is 1. The van der Waals surface area contributed by atoms with Crippen molar-refractivity contribution in [3.8, 4) is 39.9 Å². The van der Waals surface area contributed by atoms with Gasteiger partial charge in [0.15, 0.2) is 23.1 Å². The summed E-state index contributed by atoms with van der Waals surface area (Å²) in [6.45, 7) is 0. The molecule has 0 atom stereocenters. The van der Waals surface area contributed by atoms with E-state index < -0.39 is 0 Å². The fraction of sp³-hybridized carbons (Fsp3) is 0.0889. The zero-order valence-electron chi connectivity index (χ0n) is 27.4. The van der Waals surface area contributed by atoms with Crippen molar-refractivity contribution < 1.29 is 4.42 Å². The quantitative estimate of drug-likeness (QED) is 0.187. The molecule has 0 aliphatic heterocycles. The van der Waals surface area contributed by atoms with E-state index in [2.05, 4.69) is 89.5 Å². The summed E-state index contributed by atoms with van der Waals surface area (Å²) < 4.78 is 9.30. The standard InChI is InChI=1S/C45H32N4O/c1-4-13-29(14-5-1)32-23-25-35-34-19-10-11-21-38(34)49(40(35)27-32)39-22-12-20-37-36-26-24-33(28-41(36)50-42(37)39)45-47-43(30-15-6-2-7-16-30)46-44(48-45)31-17-8-3-9-18-31/h1-9,11-18,20-22,24,26-28H,10,19,23,25H2. The summed E-state index contributed by atoms with van der Waals surface area (Å²) in [5.41, 5.74) is 13.7. The molecule has 0 saturated carbocycles. The van der Waals surface area contributed by atoms with Crippen LogP contribution in [0.25, 0.3) is 79.5 Å². The Labute approximate surface area is 289 Å². The molecule has 3 heterocycles. The minimum Gasteiger partial charge on any atom is -0.454 e. The van der Waals surface area contributed by atoms with Gasteiger partial charge < -0.3 is 8.98 Å². The predicted molar refractivity (Wildman–Crippen MR) is 203 cm³/mol. The largest absolute Gasteiger partial charge is 0.454 e. The molecule has 50 heavy (non-hydrogen) atoms. The first-order valence-electron chi connectivity index (χ1n) is 17.3. The molecular weight excluding hydrogens is 613 g/mol. The Morgan fingerprint density at radius 1 is 0.520 bits per heavy atom. The molecule has 2 aliphatic rings. The number of hydrogen-bond donors (Lipinski definition) is 0. The smallest absolute Gasteiger partial charge is 0.164 e. The van der Waals surface area contributed by atoms with E-state index in [0.29, 0.717) is 17.5 Å². The molecule has 5 nitrogen and oxygen atoms in total. The SMILES string of the molecule is C1=Cc2c(c3c(n2-c2cccc4c2oc2cc(-c5nc(-c6ccccc6)nc(-c6ccccc6)n5)ccc24)C=C(c2ccccc2)CC3)CC1. The maximum atomic E-state index is 6.86. The number of rotatable bonds is 5. The van der Waals surface area contributed by atoms with Gasteiger partial charge in [0.25, 0.3) is 0 Å². The van der Waals surface area contributed by atoms with Gasteiger partial charge in [0.05, 0.1) is 11.4 Å². The molecule has 0 N–H and O–H groups in total. The van der Waals surface area contributed by atoms with Gasteiger partial charge in [-0.2, -0.15) is 0 Å². The highest BCUT2D eigenvalue weighted by Crippen LogP contribution is 2.42. The van der Waals surface area contributed by atoms with Gasteiger partial charge in [0.2, 0.25) is 0 Å². The van der Waals surface area contributed by atoms with Gasteiger partial charge in [-0.05, 0) is 78.3 Å². The summed E-state index contributed by atoms with van der Waals surface area (Å²) in [7, 11) is 0. The van der Waals surface area contributed by atoms with Crippen LogP contribution in [0.5, 0.6) is 0 Å². The van der Waals surface area contributed by atoms with Crippen molar-refractivity contribution in [2.24, 2.45) is 0 Å². The number of aromatic nitrogens is 4. The van der Waals surface area contributed by atoms with E-state index in [-0.39, 0.29) is 0 Å². The molecule has 238 valence electrons. The Morgan fingerprint density at radius 3 is 1.86 bits per heavy atom. The Hall–Kier alpha value is -6.33. The lowest BCUT2D eigenvalue weighted by molar-refractivity contribution is 0.665. The zero-order valence-corrected chi connectivity index (χ0v) is 27.4. The summed E-state index contributed by atoms with van der Waals surface area (Å²) in [4.78, 5) is 14.8. The number of furan rings is 1. The van der Waals surface area contributed by atoms with Crippen molar-refractivity contribution in [3.05, 3.63) is 162 Å². The number of nitrogens with zero attached hydrogens (tertiary/aromatic N) is 4. The number of allylic oxidation sites excluding steroid dienone is 2. The van der Waals surface area contributed by atoms with E-state index in [1.54, 1.807) is 0 Å². The van der Waals surface area contributed by atoms with Gasteiger partial charge in [0.1, 0.15) is 5.58 Å². The van der Waals surface area contributed by atoms with Gasteiger partial charge in [-0.1, -0.05) is 115 Å². The highest BCUT2D eigenvalue weighted by atomic mass is 16.3. The van der Waals surface area contributed by atoms with E-state index in [1.807, 2.05) is 60.7 Å². The third-order valence-electron chi connectivity index (χ3n) is 10.1. The fourth-order valence-electron chi connectivity index (χ4n) is 7.69. The van der Waals surface area contributed by atoms with Crippen LogP contribution in [0.3, 0.4) is 0 Å². The van der Waals surface area contributed by atoms with Gasteiger partial charge in [-0.25, -0.2) is 15.0 Å². The first-order chi connectivity index (χ1) is 24.8. The van der Waals surface area contributed by atoms with E-state index in [9.17, 15) is 0 Å². The third-order valence-corrected chi connectivity index (χ3v) is 10.1. The van der Waals surface area contributed by atoms with Crippen molar-refractivity contribution in [1.82, 2.24) is 19.5 Å². The first-order valence-corrected chi connectivity index (χ1v) is 17.3. The molecule has 0 fully saturated rings. The second-order valence-electron chi connectivity index (χ2n) is 13.0. The van der Waals surface area contributed by atoms with Crippen LogP contribution in [0.1, 0.15) is 40.9 Å². The highest BCUT2D eigenvalue weighted by molar-refractivity contribution is 6.08. The van der Waals surface area contributed by atoms with Crippen LogP contribution in [0.2, 0.25) is 0 Å². The molecule has 0 amide bonds. The van der Waals surface area contributed by atoms with Gasteiger partial charge >= 0.3 is 0 Å². The van der Waals surface area contributed by atoms with Gasteiger partial charge in [-0.3, -0.25) is 0 Å². The number of hydrogen-bond acceptors (Lipinski definition) is 4. The van der Waals surface area contributed by atoms with Crippen molar-refractivity contribution in [1.29, 1.82) is 0 Å². The molecule has 5 heteroatoms. The van der Waals surface area contributed by atoms with Crippen LogP contribution >= 0.6 is 0 Å². The van der Waals surface area contributed by atoms with E-state index in [4.69, 9.17) is 19.4 Å². The van der Waals surface area contributed by atoms with Crippen LogP contribution in [-0.4, -0.2) is 19.5 Å². The maximum Gasteiger partial charge on any atom is 0.164 e. The molecule has 5 aromatic carbocycles. The van der Waals surface area contributed by atoms with Crippen molar-refractivity contribution in [2.75, 3.05) is 0 Å². The molecule has 0 unspecified atom stereocenters. The minimum absolute atomic E-state index is 0.609. The number of fused-ring (bicyclic) bond motifs is 6. The number of benzene rings is 5. The molecule has 10 rings (SSSR count). The maximum absolute atomic E-state index is 6.86. The first kappa shape index (κ1) is 28.7. The lowest BCUT2D eigenvalue weighted by Crippen LogP contribution is -2.04. The van der Waals surface area contributed by atoms with Gasteiger partial charge in [0, 0.05) is 33.2 Å². The third kappa shape index (κ3) is 4.73. The molecular formula is C45H32N4O. The van der Waals surface area contributed by atoms with E-state index in [0.717, 1.165) is 70.0 Å². The van der Waals surface area contributed by atoms with E-state index >= 15 is 0 Å².